The number of carbonyl (C=O) groups excluding carboxylic acids is 1. The van der Waals surface area contributed by atoms with Gasteiger partial charge in [-0.05, 0) is 34.1 Å². The van der Waals surface area contributed by atoms with Crippen LogP contribution in [0.2, 0.25) is 0 Å². The normalized spacial score (nSPS) is 27.2. The number of ether oxygens (including phenoxy) is 2. The van der Waals surface area contributed by atoms with Gasteiger partial charge in [0.1, 0.15) is 5.54 Å². The quantitative estimate of drug-likeness (QED) is 0.749. The average Bonchev–Trinajstić information content (AvgIpc) is 2.70. The van der Waals surface area contributed by atoms with Crippen molar-refractivity contribution in [1.82, 2.24) is 5.32 Å². The maximum Gasteiger partial charge on any atom is 0.326 e. The van der Waals surface area contributed by atoms with Crippen LogP contribution >= 0.6 is 11.8 Å². The summed E-state index contributed by atoms with van der Waals surface area (Å²) in [6, 6.07) is 0.243. The third-order valence-electron chi connectivity index (χ3n) is 3.14. The van der Waals surface area contributed by atoms with Gasteiger partial charge in [0.15, 0.2) is 0 Å². The number of nitrogens with one attached hydrogen (secondary N) is 1. The summed E-state index contributed by atoms with van der Waals surface area (Å²) in [7, 11) is 1.44. The van der Waals surface area contributed by atoms with E-state index in [1.165, 1.54) is 7.11 Å². The zero-order valence-corrected chi connectivity index (χ0v) is 12.8. The Kier molecular flexibility index (Phi) is 5.95. The molecule has 0 bridgehead atoms. The number of hydrogen-bond acceptors (Lipinski definition) is 5. The summed E-state index contributed by atoms with van der Waals surface area (Å²) >= 11 is 1.80. The molecule has 0 aromatic carbocycles. The van der Waals surface area contributed by atoms with Crippen LogP contribution in [0.1, 0.15) is 34.1 Å². The number of methoxy groups -OCH3 is 1. The van der Waals surface area contributed by atoms with E-state index in [9.17, 15) is 4.79 Å². The summed E-state index contributed by atoms with van der Waals surface area (Å²) in [6.07, 6.45) is 1.33. The Labute approximate surface area is 114 Å². The number of rotatable bonds is 6. The number of thioether (sulfide) groups is 1. The first-order chi connectivity index (χ1) is 8.39. The smallest absolute Gasteiger partial charge is 0.326 e. The zero-order valence-electron chi connectivity index (χ0n) is 12.0. The van der Waals surface area contributed by atoms with Crippen molar-refractivity contribution in [2.75, 3.05) is 19.5 Å². The van der Waals surface area contributed by atoms with Crippen LogP contribution in [-0.2, 0) is 14.3 Å². The van der Waals surface area contributed by atoms with Crippen LogP contribution in [0.3, 0.4) is 0 Å². The number of esters is 1. The van der Waals surface area contributed by atoms with E-state index in [4.69, 9.17) is 9.47 Å². The highest BCUT2D eigenvalue weighted by Crippen LogP contribution is 2.29. The lowest BCUT2D eigenvalue weighted by Gasteiger charge is -2.31. The van der Waals surface area contributed by atoms with Gasteiger partial charge in [0.2, 0.25) is 0 Å². The van der Waals surface area contributed by atoms with Gasteiger partial charge in [0, 0.05) is 23.7 Å². The van der Waals surface area contributed by atoms with Crippen molar-refractivity contribution in [3.8, 4) is 0 Å². The van der Waals surface area contributed by atoms with Gasteiger partial charge in [-0.15, -0.1) is 0 Å². The molecule has 3 unspecified atom stereocenters. The SMILES string of the molecule is COC(=O)C(C)(CSC1CCOC1C)NC(C)C. The second-order valence-corrected chi connectivity index (χ2v) is 6.56. The van der Waals surface area contributed by atoms with Crippen molar-refractivity contribution in [3.63, 3.8) is 0 Å². The highest BCUT2D eigenvalue weighted by atomic mass is 32.2. The van der Waals surface area contributed by atoms with Gasteiger partial charge in [-0.1, -0.05) is 0 Å². The van der Waals surface area contributed by atoms with Crippen LogP contribution in [0.25, 0.3) is 0 Å². The zero-order chi connectivity index (χ0) is 13.8. The molecule has 1 fully saturated rings. The maximum atomic E-state index is 11.9. The van der Waals surface area contributed by atoms with Gasteiger partial charge in [0.05, 0.1) is 13.2 Å². The Morgan fingerprint density at radius 2 is 2.28 bits per heavy atom. The fourth-order valence-electron chi connectivity index (χ4n) is 2.23. The van der Waals surface area contributed by atoms with Gasteiger partial charge < -0.3 is 9.47 Å². The Morgan fingerprint density at radius 1 is 1.61 bits per heavy atom. The molecule has 0 spiro atoms. The first-order valence-corrected chi connectivity index (χ1v) is 7.53. The van der Waals surface area contributed by atoms with E-state index >= 15 is 0 Å². The first-order valence-electron chi connectivity index (χ1n) is 6.48. The molecule has 0 saturated carbocycles. The van der Waals surface area contributed by atoms with Crippen LogP contribution in [0, 0.1) is 0 Å². The molecule has 1 heterocycles. The minimum absolute atomic E-state index is 0.199. The molecule has 1 rings (SSSR count). The first kappa shape index (κ1) is 15.8. The van der Waals surface area contributed by atoms with Gasteiger partial charge in [-0.3, -0.25) is 10.1 Å². The van der Waals surface area contributed by atoms with Crippen LogP contribution in [0.15, 0.2) is 0 Å². The summed E-state index contributed by atoms with van der Waals surface area (Å²) in [4.78, 5) is 11.9. The standard InChI is InChI=1S/C13H25NO3S/c1-9(2)14-13(4,12(15)16-5)8-18-11-6-7-17-10(11)3/h9-11,14H,6-8H2,1-5H3. The summed E-state index contributed by atoms with van der Waals surface area (Å²) in [5.74, 6) is 0.506. The summed E-state index contributed by atoms with van der Waals surface area (Å²) in [5.41, 5.74) is -0.629. The molecule has 106 valence electrons. The Balaban J connectivity index is 2.58. The summed E-state index contributed by atoms with van der Waals surface area (Å²) in [6.45, 7) is 8.90. The highest BCUT2D eigenvalue weighted by Gasteiger charge is 2.37. The van der Waals surface area contributed by atoms with E-state index in [0.29, 0.717) is 11.0 Å². The largest absolute Gasteiger partial charge is 0.468 e. The molecule has 4 nitrogen and oxygen atoms in total. The molecule has 0 aliphatic carbocycles. The fourth-order valence-corrected chi connectivity index (χ4v) is 3.59. The summed E-state index contributed by atoms with van der Waals surface area (Å²) < 4.78 is 10.5. The fraction of sp³-hybridized carbons (Fsp3) is 0.923. The lowest BCUT2D eigenvalue weighted by Crippen LogP contribution is -2.55. The van der Waals surface area contributed by atoms with Crippen LogP contribution in [-0.4, -0.2) is 48.4 Å². The van der Waals surface area contributed by atoms with Crippen molar-refractivity contribution in [1.29, 1.82) is 0 Å². The molecular formula is C13H25NO3S. The third-order valence-corrected chi connectivity index (χ3v) is 4.93. The molecule has 0 aromatic rings. The molecule has 1 N–H and O–H groups in total. The van der Waals surface area contributed by atoms with Gasteiger partial charge in [0.25, 0.3) is 0 Å². The molecule has 5 heteroatoms. The van der Waals surface area contributed by atoms with Crippen LogP contribution < -0.4 is 5.32 Å². The lowest BCUT2D eigenvalue weighted by molar-refractivity contribution is -0.147. The molecule has 1 saturated heterocycles. The molecule has 18 heavy (non-hydrogen) atoms. The predicted molar refractivity (Wildman–Crippen MR) is 75.0 cm³/mol. The van der Waals surface area contributed by atoms with Crippen molar-refractivity contribution in [2.24, 2.45) is 0 Å². The summed E-state index contributed by atoms with van der Waals surface area (Å²) in [5, 5.41) is 3.78. The minimum atomic E-state index is -0.629. The molecule has 3 atom stereocenters. The van der Waals surface area contributed by atoms with Crippen LogP contribution in [0.4, 0.5) is 0 Å². The highest BCUT2D eigenvalue weighted by molar-refractivity contribution is 8.00. The van der Waals surface area contributed by atoms with E-state index in [1.807, 2.05) is 20.8 Å². The monoisotopic (exact) mass is 275 g/mol. The molecule has 0 amide bonds. The molecule has 0 radical (unpaired) electrons. The molecule has 1 aliphatic rings. The van der Waals surface area contributed by atoms with Gasteiger partial charge in [-0.2, -0.15) is 11.8 Å². The third kappa shape index (κ3) is 4.14. The van der Waals surface area contributed by atoms with Crippen molar-refractivity contribution in [3.05, 3.63) is 0 Å². The Morgan fingerprint density at radius 3 is 2.72 bits per heavy atom. The maximum absolute atomic E-state index is 11.9. The van der Waals surface area contributed by atoms with Crippen molar-refractivity contribution >= 4 is 17.7 Å². The molecule has 1 aliphatic heterocycles. The Hall–Kier alpha value is -0.260. The van der Waals surface area contributed by atoms with E-state index in [2.05, 4.69) is 12.2 Å². The van der Waals surface area contributed by atoms with E-state index < -0.39 is 5.54 Å². The van der Waals surface area contributed by atoms with E-state index in [1.54, 1.807) is 11.8 Å². The van der Waals surface area contributed by atoms with E-state index in [0.717, 1.165) is 13.0 Å². The van der Waals surface area contributed by atoms with E-state index in [-0.39, 0.29) is 18.1 Å². The Bertz CT molecular complexity index is 285. The van der Waals surface area contributed by atoms with Gasteiger partial charge >= 0.3 is 5.97 Å². The second-order valence-electron chi connectivity index (χ2n) is 5.34. The number of carbonyl (C=O) groups is 1. The lowest BCUT2D eigenvalue weighted by atomic mass is 10.0. The molecular weight excluding hydrogens is 250 g/mol. The van der Waals surface area contributed by atoms with Crippen LogP contribution in [0.5, 0.6) is 0 Å². The van der Waals surface area contributed by atoms with Gasteiger partial charge in [-0.25, -0.2) is 0 Å². The van der Waals surface area contributed by atoms with Crippen molar-refractivity contribution in [2.45, 2.75) is 57.1 Å². The topological polar surface area (TPSA) is 47.6 Å². The predicted octanol–water partition coefficient (Wildman–Crippen LogP) is 1.83. The molecule has 0 aromatic heterocycles. The average molecular weight is 275 g/mol. The second kappa shape index (κ2) is 6.78. The van der Waals surface area contributed by atoms with Crippen molar-refractivity contribution < 1.29 is 14.3 Å². The number of hydrogen-bond donors (Lipinski definition) is 1. The minimum Gasteiger partial charge on any atom is -0.468 e.